The van der Waals surface area contributed by atoms with E-state index in [4.69, 9.17) is 12.2 Å². The maximum Gasteiger partial charge on any atom is 0.177 e. The molecule has 13 heavy (non-hydrogen) atoms. The minimum Gasteiger partial charge on any atom is -0.337 e. The molecular formula is C9H17N3S. The van der Waals surface area contributed by atoms with E-state index in [1.54, 1.807) is 0 Å². The van der Waals surface area contributed by atoms with Crippen LogP contribution < -0.4 is 0 Å². The highest BCUT2D eigenvalue weighted by atomic mass is 32.1. The summed E-state index contributed by atoms with van der Waals surface area (Å²) in [6, 6.07) is 0. The average molecular weight is 199 g/mol. The van der Waals surface area contributed by atoms with Gasteiger partial charge in [-0.15, -0.1) is 0 Å². The van der Waals surface area contributed by atoms with Crippen LogP contribution in [-0.2, 0) is 6.54 Å². The number of hydrogen-bond acceptors (Lipinski definition) is 2. The SMILES string of the molecule is CCN(C)CCn1c(C)c[nH]c1=S. The van der Waals surface area contributed by atoms with Crippen LogP contribution in [0, 0.1) is 11.7 Å². The van der Waals surface area contributed by atoms with E-state index in [1.165, 1.54) is 5.69 Å². The van der Waals surface area contributed by atoms with Crippen molar-refractivity contribution in [1.82, 2.24) is 14.5 Å². The Labute approximate surface area is 84.4 Å². The topological polar surface area (TPSA) is 24.0 Å². The molecule has 0 bridgehead atoms. The maximum atomic E-state index is 5.15. The summed E-state index contributed by atoms with van der Waals surface area (Å²) in [6.45, 7) is 7.32. The van der Waals surface area contributed by atoms with Gasteiger partial charge in [-0.2, -0.15) is 0 Å². The van der Waals surface area contributed by atoms with Crippen LogP contribution in [0.3, 0.4) is 0 Å². The van der Waals surface area contributed by atoms with Crippen molar-refractivity contribution in [1.29, 1.82) is 0 Å². The van der Waals surface area contributed by atoms with Crippen molar-refractivity contribution in [3.63, 3.8) is 0 Å². The Bertz CT molecular complexity index is 313. The Kier molecular flexibility index (Phi) is 3.69. The smallest absolute Gasteiger partial charge is 0.177 e. The van der Waals surface area contributed by atoms with Crippen LogP contribution in [0.1, 0.15) is 12.6 Å². The molecule has 3 nitrogen and oxygen atoms in total. The van der Waals surface area contributed by atoms with E-state index in [9.17, 15) is 0 Å². The van der Waals surface area contributed by atoms with Crippen LogP contribution >= 0.6 is 12.2 Å². The number of nitrogens with zero attached hydrogens (tertiary/aromatic N) is 2. The Balaban J connectivity index is 2.59. The number of hydrogen-bond donors (Lipinski definition) is 1. The highest BCUT2D eigenvalue weighted by Gasteiger charge is 2.00. The van der Waals surface area contributed by atoms with Gasteiger partial charge in [0, 0.05) is 25.0 Å². The lowest BCUT2D eigenvalue weighted by Gasteiger charge is -2.14. The number of aryl methyl sites for hydroxylation is 1. The van der Waals surface area contributed by atoms with Crippen molar-refractivity contribution in [3.05, 3.63) is 16.7 Å². The molecule has 0 aliphatic rings. The summed E-state index contributed by atoms with van der Waals surface area (Å²) in [5, 5.41) is 0. The van der Waals surface area contributed by atoms with Gasteiger partial charge in [0.05, 0.1) is 0 Å². The lowest BCUT2D eigenvalue weighted by atomic mass is 10.5. The van der Waals surface area contributed by atoms with Gasteiger partial charge in [-0.25, -0.2) is 0 Å². The number of H-pyrrole nitrogens is 1. The molecule has 0 saturated carbocycles. The minimum atomic E-state index is 0.821. The summed E-state index contributed by atoms with van der Waals surface area (Å²) in [4.78, 5) is 5.31. The summed E-state index contributed by atoms with van der Waals surface area (Å²) in [7, 11) is 2.12. The number of likely N-dealkylation sites (N-methyl/N-ethyl adjacent to an activating group) is 1. The lowest BCUT2D eigenvalue weighted by Crippen LogP contribution is -2.23. The Morgan fingerprint density at radius 1 is 1.62 bits per heavy atom. The number of aromatic amines is 1. The van der Waals surface area contributed by atoms with Gasteiger partial charge in [0.15, 0.2) is 4.77 Å². The van der Waals surface area contributed by atoms with Gasteiger partial charge in [0.25, 0.3) is 0 Å². The Morgan fingerprint density at radius 3 is 2.77 bits per heavy atom. The monoisotopic (exact) mass is 199 g/mol. The summed E-state index contributed by atoms with van der Waals surface area (Å²) < 4.78 is 2.95. The van der Waals surface area contributed by atoms with Gasteiger partial charge >= 0.3 is 0 Å². The summed E-state index contributed by atoms with van der Waals surface area (Å²) in [6.07, 6.45) is 1.95. The van der Waals surface area contributed by atoms with Crippen LogP contribution in [0.4, 0.5) is 0 Å². The minimum absolute atomic E-state index is 0.821. The van der Waals surface area contributed by atoms with E-state index in [0.717, 1.165) is 24.4 Å². The zero-order chi connectivity index (χ0) is 9.84. The molecular weight excluding hydrogens is 182 g/mol. The van der Waals surface area contributed by atoms with E-state index >= 15 is 0 Å². The lowest BCUT2D eigenvalue weighted by molar-refractivity contribution is 0.333. The predicted molar refractivity (Wildman–Crippen MR) is 57.5 cm³/mol. The molecule has 0 aliphatic heterocycles. The van der Waals surface area contributed by atoms with Crippen LogP contribution in [0.15, 0.2) is 6.20 Å². The first kappa shape index (κ1) is 10.5. The molecule has 1 heterocycles. The highest BCUT2D eigenvalue weighted by molar-refractivity contribution is 7.71. The fourth-order valence-electron chi connectivity index (χ4n) is 1.19. The molecule has 1 N–H and O–H groups in total. The molecule has 0 amide bonds. The second-order valence-corrected chi connectivity index (χ2v) is 3.67. The van der Waals surface area contributed by atoms with Crippen molar-refractivity contribution in [3.8, 4) is 0 Å². The van der Waals surface area contributed by atoms with Crippen molar-refractivity contribution in [2.45, 2.75) is 20.4 Å². The predicted octanol–water partition coefficient (Wildman–Crippen LogP) is 1.81. The van der Waals surface area contributed by atoms with Crippen molar-refractivity contribution in [2.24, 2.45) is 0 Å². The first-order valence-electron chi connectivity index (χ1n) is 4.58. The molecule has 1 rings (SSSR count). The molecule has 1 aromatic rings. The normalized spacial score (nSPS) is 11.1. The second-order valence-electron chi connectivity index (χ2n) is 3.28. The van der Waals surface area contributed by atoms with E-state index < -0.39 is 0 Å². The number of aromatic nitrogens is 2. The molecule has 0 fully saturated rings. The van der Waals surface area contributed by atoms with Crippen LogP contribution in [0.25, 0.3) is 0 Å². The average Bonchev–Trinajstić information content (AvgIpc) is 2.43. The molecule has 74 valence electrons. The Hall–Kier alpha value is -0.610. The molecule has 0 radical (unpaired) electrons. The standard InChI is InChI=1S/C9H17N3S/c1-4-11(3)5-6-12-8(2)7-10-9(12)13/h7H,4-6H2,1-3H3,(H,10,13). The summed E-state index contributed by atoms with van der Waals surface area (Å²) in [5.41, 5.74) is 1.20. The fourth-order valence-corrected chi connectivity index (χ4v) is 1.48. The summed E-state index contributed by atoms with van der Waals surface area (Å²) in [5.74, 6) is 0. The molecule has 0 saturated heterocycles. The summed E-state index contributed by atoms with van der Waals surface area (Å²) >= 11 is 5.15. The molecule has 0 aromatic carbocycles. The number of rotatable bonds is 4. The fraction of sp³-hybridized carbons (Fsp3) is 0.667. The van der Waals surface area contributed by atoms with E-state index in [2.05, 4.69) is 35.3 Å². The zero-order valence-corrected chi connectivity index (χ0v) is 9.32. The quantitative estimate of drug-likeness (QED) is 0.748. The Morgan fingerprint density at radius 2 is 2.31 bits per heavy atom. The molecule has 0 atom stereocenters. The first-order chi connectivity index (χ1) is 6.15. The van der Waals surface area contributed by atoms with Gasteiger partial charge in [0.1, 0.15) is 0 Å². The number of nitrogens with one attached hydrogen (secondary N) is 1. The molecule has 1 aromatic heterocycles. The molecule has 0 spiro atoms. The second kappa shape index (κ2) is 4.58. The van der Waals surface area contributed by atoms with Gasteiger partial charge in [-0.1, -0.05) is 6.92 Å². The van der Waals surface area contributed by atoms with E-state index in [-0.39, 0.29) is 0 Å². The van der Waals surface area contributed by atoms with Gasteiger partial charge in [-0.3, -0.25) is 0 Å². The highest BCUT2D eigenvalue weighted by Crippen LogP contribution is 1.99. The van der Waals surface area contributed by atoms with Gasteiger partial charge in [-0.05, 0) is 32.7 Å². The first-order valence-corrected chi connectivity index (χ1v) is 4.99. The molecule has 4 heteroatoms. The van der Waals surface area contributed by atoms with Crippen molar-refractivity contribution in [2.75, 3.05) is 20.1 Å². The van der Waals surface area contributed by atoms with Crippen LogP contribution in [0.2, 0.25) is 0 Å². The third-order valence-electron chi connectivity index (χ3n) is 2.32. The largest absolute Gasteiger partial charge is 0.337 e. The van der Waals surface area contributed by atoms with E-state index in [0.29, 0.717) is 0 Å². The van der Waals surface area contributed by atoms with Crippen LogP contribution in [-0.4, -0.2) is 34.6 Å². The third kappa shape index (κ3) is 2.67. The number of imidazole rings is 1. The molecule has 0 unspecified atom stereocenters. The maximum absolute atomic E-state index is 5.15. The van der Waals surface area contributed by atoms with Gasteiger partial charge in [0.2, 0.25) is 0 Å². The van der Waals surface area contributed by atoms with E-state index in [1.807, 2.05) is 6.20 Å². The van der Waals surface area contributed by atoms with Gasteiger partial charge < -0.3 is 14.5 Å². The molecule has 0 aliphatic carbocycles. The zero-order valence-electron chi connectivity index (χ0n) is 8.50. The third-order valence-corrected chi connectivity index (χ3v) is 2.66. The van der Waals surface area contributed by atoms with Crippen molar-refractivity contribution < 1.29 is 0 Å². The van der Waals surface area contributed by atoms with Crippen LogP contribution in [0.5, 0.6) is 0 Å². The van der Waals surface area contributed by atoms with Crippen molar-refractivity contribution >= 4 is 12.2 Å².